The number of aliphatic carboxylic acids is 1. The number of carboxylic acid groups (broad SMARTS) is 1. The van der Waals surface area contributed by atoms with Crippen LogP contribution in [0.4, 0.5) is 5.69 Å². The van der Waals surface area contributed by atoms with Crippen molar-refractivity contribution in [1.82, 2.24) is 5.32 Å². The topological polar surface area (TPSA) is 95.5 Å². The van der Waals surface area contributed by atoms with E-state index in [1.165, 1.54) is 5.56 Å². The fourth-order valence-electron chi connectivity index (χ4n) is 2.88. The molecule has 0 aliphatic carbocycles. The zero-order valence-electron chi connectivity index (χ0n) is 16.9. The highest BCUT2D eigenvalue weighted by molar-refractivity contribution is 5.97. The maximum absolute atomic E-state index is 12.7. The Labute approximate surface area is 171 Å². The van der Waals surface area contributed by atoms with Crippen LogP contribution in [0.2, 0.25) is 0 Å². The van der Waals surface area contributed by atoms with Gasteiger partial charge in [-0.2, -0.15) is 0 Å². The molecule has 0 saturated heterocycles. The molecule has 0 aliphatic heterocycles. The lowest BCUT2D eigenvalue weighted by molar-refractivity contribution is -0.136. The van der Waals surface area contributed by atoms with Crippen molar-refractivity contribution in [3.05, 3.63) is 65.7 Å². The highest BCUT2D eigenvalue weighted by Crippen LogP contribution is 2.26. The highest BCUT2D eigenvalue weighted by Gasteiger charge is 2.27. The van der Waals surface area contributed by atoms with Gasteiger partial charge in [0.05, 0.1) is 6.42 Å². The molecule has 2 aromatic rings. The van der Waals surface area contributed by atoms with Crippen LogP contribution >= 0.6 is 0 Å². The van der Waals surface area contributed by atoms with E-state index in [9.17, 15) is 14.4 Å². The monoisotopic (exact) mass is 396 g/mol. The summed E-state index contributed by atoms with van der Waals surface area (Å²) < 4.78 is 0. The van der Waals surface area contributed by atoms with Crippen molar-refractivity contribution in [2.75, 3.05) is 11.9 Å². The molecule has 0 bridgehead atoms. The molecule has 0 radical (unpaired) electrons. The Morgan fingerprint density at radius 3 is 2.24 bits per heavy atom. The average molecular weight is 396 g/mol. The Morgan fingerprint density at radius 2 is 1.62 bits per heavy atom. The molecular weight excluding hydrogens is 368 g/mol. The molecule has 0 atom stereocenters. The van der Waals surface area contributed by atoms with Gasteiger partial charge in [-0.3, -0.25) is 14.4 Å². The van der Waals surface area contributed by atoms with Gasteiger partial charge in [-0.15, -0.1) is 0 Å². The van der Waals surface area contributed by atoms with E-state index in [0.29, 0.717) is 11.3 Å². The third-order valence-electron chi connectivity index (χ3n) is 4.75. The van der Waals surface area contributed by atoms with Crippen LogP contribution < -0.4 is 10.6 Å². The van der Waals surface area contributed by atoms with Crippen molar-refractivity contribution in [3.63, 3.8) is 0 Å². The van der Waals surface area contributed by atoms with Crippen molar-refractivity contribution < 1.29 is 19.5 Å². The van der Waals surface area contributed by atoms with Gasteiger partial charge in [0.25, 0.3) is 5.91 Å². The average Bonchev–Trinajstić information content (AvgIpc) is 2.69. The number of benzene rings is 2. The molecule has 29 heavy (non-hydrogen) atoms. The molecule has 2 aromatic carbocycles. The second kappa shape index (κ2) is 10.4. The number of amides is 2. The van der Waals surface area contributed by atoms with Crippen molar-refractivity contribution in [1.29, 1.82) is 0 Å². The van der Waals surface area contributed by atoms with Crippen LogP contribution in [0, 0.1) is 5.41 Å². The molecule has 3 N–H and O–H groups in total. The highest BCUT2D eigenvalue weighted by atomic mass is 16.4. The summed E-state index contributed by atoms with van der Waals surface area (Å²) in [7, 11) is 0. The molecule has 0 unspecified atom stereocenters. The Bertz CT molecular complexity index is 830. The van der Waals surface area contributed by atoms with Crippen LogP contribution in [0.5, 0.6) is 0 Å². The first-order chi connectivity index (χ1) is 13.8. The largest absolute Gasteiger partial charge is 0.481 e. The number of carbonyl (C=O) groups excluding carboxylic acids is 2. The van der Waals surface area contributed by atoms with Gasteiger partial charge in [0.2, 0.25) is 5.91 Å². The smallest absolute Gasteiger partial charge is 0.305 e. The van der Waals surface area contributed by atoms with Gasteiger partial charge >= 0.3 is 5.97 Å². The van der Waals surface area contributed by atoms with E-state index in [1.807, 2.05) is 32.0 Å². The third kappa shape index (κ3) is 7.41. The third-order valence-corrected chi connectivity index (χ3v) is 4.75. The Morgan fingerprint density at radius 1 is 0.966 bits per heavy atom. The first-order valence-corrected chi connectivity index (χ1v) is 9.73. The Balaban J connectivity index is 1.83. The molecule has 6 heteroatoms. The van der Waals surface area contributed by atoms with Gasteiger partial charge in [0.15, 0.2) is 0 Å². The minimum atomic E-state index is -0.963. The van der Waals surface area contributed by atoms with Gasteiger partial charge in [-0.1, -0.05) is 44.2 Å². The predicted molar refractivity (Wildman–Crippen MR) is 113 cm³/mol. The summed E-state index contributed by atoms with van der Waals surface area (Å²) >= 11 is 0. The lowest BCUT2D eigenvalue weighted by atomic mass is 9.85. The van der Waals surface area contributed by atoms with Crippen molar-refractivity contribution in [2.24, 2.45) is 5.41 Å². The first-order valence-electron chi connectivity index (χ1n) is 9.73. The van der Waals surface area contributed by atoms with E-state index in [0.717, 1.165) is 19.3 Å². The summed E-state index contributed by atoms with van der Waals surface area (Å²) in [4.78, 5) is 35.1. The van der Waals surface area contributed by atoms with E-state index < -0.39 is 11.4 Å². The lowest BCUT2D eigenvalue weighted by Crippen LogP contribution is -2.31. The zero-order valence-corrected chi connectivity index (χ0v) is 16.9. The van der Waals surface area contributed by atoms with Gasteiger partial charge < -0.3 is 15.7 Å². The van der Waals surface area contributed by atoms with Crippen LogP contribution in [-0.4, -0.2) is 29.4 Å². The van der Waals surface area contributed by atoms with Crippen LogP contribution in [0.15, 0.2) is 54.6 Å². The second-order valence-corrected chi connectivity index (χ2v) is 7.65. The number of hydrogen-bond donors (Lipinski definition) is 3. The fourth-order valence-corrected chi connectivity index (χ4v) is 2.88. The Hall–Kier alpha value is -3.15. The quantitative estimate of drug-likeness (QED) is 0.568. The first kappa shape index (κ1) is 22.1. The normalized spacial score (nSPS) is 11.0. The Kier molecular flexibility index (Phi) is 7.95. The van der Waals surface area contributed by atoms with E-state index in [-0.39, 0.29) is 24.8 Å². The molecule has 0 fully saturated rings. The number of nitrogens with one attached hydrogen (secondary N) is 2. The zero-order chi connectivity index (χ0) is 21.3. The van der Waals surface area contributed by atoms with E-state index in [4.69, 9.17) is 5.11 Å². The van der Waals surface area contributed by atoms with Gasteiger partial charge in [-0.05, 0) is 49.1 Å². The maximum Gasteiger partial charge on any atom is 0.305 e. The molecule has 0 saturated carbocycles. The maximum atomic E-state index is 12.7. The standard InChI is InChI=1S/C23H28N2O4/c1-23(2,15-6-9-17-7-4-3-5-8-17)22(29)25-19-12-10-18(11-13-19)21(28)24-16-14-20(26)27/h3-5,7-8,10-13H,6,9,14-16H2,1-2H3,(H,24,28)(H,25,29)(H,26,27). The van der Waals surface area contributed by atoms with Crippen molar-refractivity contribution in [3.8, 4) is 0 Å². The molecule has 0 spiro atoms. The summed E-state index contributed by atoms with van der Waals surface area (Å²) in [6.07, 6.45) is 2.49. The number of anilines is 1. The van der Waals surface area contributed by atoms with Gasteiger partial charge in [-0.25, -0.2) is 0 Å². The van der Waals surface area contributed by atoms with Crippen LogP contribution in [-0.2, 0) is 16.0 Å². The second-order valence-electron chi connectivity index (χ2n) is 7.65. The molecule has 6 nitrogen and oxygen atoms in total. The van der Waals surface area contributed by atoms with Crippen LogP contribution in [0.3, 0.4) is 0 Å². The predicted octanol–water partition coefficient (Wildman–Crippen LogP) is 3.88. The molecule has 0 aliphatic rings. The van der Waals surface area contributed by atoms with E-state index >= 15 is 0 Å². The summed E-state index contributed by atoms with van der Waals surface area (Å²) in [5.74, 6) is -1.37. The van der Waals surface area contributed by atoms with E-state index in [2.05, 4.69) is 22.8 Å². The van der Waals surface area contributed by atoms with Gasteiger partial charge in [0.1, 0.15) is 0 Å². The molecule has 0 heterocycles. The van der Waals surface area contributed by atoms with Crippen molar-refractivity contribution in [2.45, 2.75) is 39.5 Å². The number of carboxylic acids is 1. The van der Waals surface area contributed by atoms with E-state index in [1.54, 1.807) is 24.3 Å². The molecule has 2 rings (SSSR count). The number of hydrogen-bond acceptors (Lipinski definition) is 3. The van der Waals surface area contributed by atoms with Gasteiger partial charge in [0, 0.05) is 23.2 Å². The number of carbonyl (C=O) groups is 3. The summed E-state index contributed by atoms with van der Waals surface area (Å²) in [5.41, 5.74) is 1.78. The van der Waals surface area contributed by atoms with Crippen LogP contribution in [0.1, 0.15) is 49.0 Å². The summed E-state index contributed by atoms with van der Waals surface area (Å²) in [6.45, 7) is 3.93. The lowest BCUT2D eigenvalue weighted by Gasteiger charge is -2.23. The molecule has 154 valence electrons. The number of aryl methyl sites for hydroxylation is 1. The van der Waals surface area contributed by atoms with Crippen molar-refractivity contribution >= 4 is 23.5 Å². The van der Waals surface area contributed by atoms with Crippen LogP contribution in [0.25, 0.3) is 0 Å². The fraction of sp³-hybridized carbons (Fsp3) is 0.348. The molecule has 2 amide bonds. The number of rotatable bonds is 10. The molecular formula is C23H28N2O4. The SMILES string of the molecule is CC(C)(CCCc1ccccc1)C(=O)Nc1ccc(C(=O)NCCC(=O)O)cc1. The minimum Gasteiger partial charge on any atom is -0.481 e. The molecule has 0 aromatic heterocycles. The minimum absolute atomic E-state index is 0.0655. The summed E-state index contributed by atoms with van der Waals surface area (Å²) in [6, 6.07) is 16.8. The summed E-state index contributed by atoms with van der Waals surface area (Å²) in [5, 5.41) is 14.1.